The predicted octanol–water partition coefficient (Wildman–Crippen LogP) is 1.26. The topological polar surface area (TPSA) is 63.9 Å². The third kappa shape index (κ3) is 3.96. The second kappa shape index (κ2) is 7.91. The van der Waals surface area contributed by atoms with Crippen molar-refractivity contribution >= 4 is 0 Å². The Morgan fingerprint density at radius 1 is 0.958 bits per heavy atom. The number of hydrogen-bond donors (Lipinski definition) is 0. The molecule has 0 bridgehead atoms. The minimum absolute atomic E-state index is 0.382. The van der Waals surface area contributed by atoms with Crippen molar-refractivity contribution in [1.82, 2.24) is 19.9 Å². The van der Waals surface area contributed by atoms with Gasteiger partial charge in [0, 0.05) is 38.9 Å². The first-order chi connectivity index (χ1) is 11.9. The Kier molecular flexibility index (Phi) is 5.42. The number of rotatable bonds is 4. The third-order valence-corrected chi connectivity index (χ3v) is 5.46. The summed E-state index contributed by atoms with van der Waals surface area (Å²) in [6.07, 6.45) is 4.67. The Balaban J connectivity index is 1.34. The number of nitrogens with zero attached hydrogens (tertiary/aromatic N) is 4. The summed E-state index contributed by atoms with van der Waals surface area (Å²) >= 11 is 0. The lowest BCUT2D eigenvalue weighted by Gasteiger charge is -2.38. The molecule has 0 radical (unpaired) electrons. The Bertz CT molecular complexity index is 512. The van der Waals surface area contributed by atoms with Gasteiger partial charge in [0.2, 0.25) is 5.89 Å². The molecule has 4 rings (SSSR count). The van der Waals surface area contributed by atoms with Crippen LogP contribution >= 0.6 is 0 Å². The van der Waals surface area contributed by atoms with Crippen LogP contribution in [0.4, 0.5) is 0 Å². The number of likely N-dealkylation sites (tertiary alicyclic amines) is 1. The van der Waals surface area contributed by atoms with Gasteiger partial charge in [0.05, 0.1) is 25.7 Å². The summed E-state index contributed by atoms with van der Waals surface area (Å²) in [4.78, 5) is 9.64. The molecule has 24 heavy (non-hydrogen) atoms. The van der Waals surface area contributed by atoms with Crippen LogP contribution in [0.2, 0.25) is 0 Å². The average Bonchev–Trinajstić information content (AvgIpc) is 3.12. The van der Waals surface area contributed by atoms with Gasteiger partial charge in [-0.1, -0.05) is 5.16 Å². The summed E-state index contributed by atoms with van der Waals surface area (Å²) in [5, 5.41) is 4.22. The van der Waals surface area contributed by atoms with Gasteiger partial charge in [-0.3, -0.25) is 9.80 Å². The summed E-state index contributed by atoms with van der Waals surface area (Å²) < 4.78 is 16.5. The van der Waals surface area contributed by atoms with E-state index in [0.717, 1.165) is 83.6 Å². The SMILES string of the molecule is C1C[C@H](c2nc(CN3CCOCC3)no2)CN(C2CCOCC2)C1. The molecule has 1 aromatic heterocycles. The summed E-state index contributed by atoms with van der Waals surface area (Å²) in [6.45, 7) is 8.30. The Hall–Kier alpha value is -1.02. The number of ether oxygens (including phenoxy) is 2. The van der Waals surface area contributed by atoms with Gasteiger partial charge in [-0.25, -0.2) is 0 Å². The van der Waals surface area contributed by atoms with Crippen LogP contribution in [0.5, 0.6) is 0 Å². The summed E-state index contributed by atoms with van der Waals surface area (Å²) in [5.41, 5.74) is 0. The van der Waals surface area contributed by atoms with Gasteiger partial charge < -0.3 is 14.0 Å². The monoisotopic (exact) mass is 336 g/mol. The molecule has 7 heteroatoms. The van der Waals surface area contributed by atoms with Crippen molar-refractivity contribution in [3.8, 4) is 0 Å². The van der Waals surface area contributed by atoms with Gasteiger partial charge in [-0.2, -0.15) is 4.98 Å². The van der Waals surface area contributed by atoms with Gasteiger partial charge in [-0.15, -0.1) is 0 Å². The molecular formula is C17H28N4O3. The molecule has 134 valence electrons. The van der Waals surface area contributed by atoms with Crippen molar-refractivity contribution in [1.29, 1.82) is 0 Å². The smallest absolute Gasteiger partial charge is 0.231 e. The van der Waals surface area contributed by atoms with E-state index < -0.39 is 0 Å². The molecule has 3 saturated heterocycles. The standard InChI is InChI=1S/C17H28N4O3/c1-2-14(12-21(5-1)15-3-8-22-9-4-15)17-18-16(19-24-17)13-20-6-10-23-11-7-20/h14-15H,1-13H2/t14-/m0/s1. The highest BCUT2D eigenvalue weighted by molar-refractivity contribution is 4.98. The van der Waals surface area contributed by atoms with E-state index in [2.05, 4.69) is 15.0 Å². The molecule has 3 fully saturated rings. The minimum atomic E-state index is 0.382. The molecule has 0 spiro atoms. The molecule has 7 nitrogen and oxygen atoms in total. The number of hydrogen-bond acceptors (Lipinski definition) is 7. The van der Waals surface area contributed by atoms with Crippen LogP contribution in [-0.2, 0) is 16.0 Å². The quantitative estimate of drug-likeness (QED) is 0.820. The van der Waals surface area contributed by atoms with Gasteiger partial charge in [0.1, 0.15) is 0 Å². The van der Waals surface area contributed by atoms with E-state index in [0.29, 0.717) is 12.0 Å². The van der Waals surface area contributed by atoms with Crippen LogP contribution in [0.3, 0.4) is 0 Å². The van der Waals surface area contributed by atoms with E-state index in [1.54, 1.807) is 0 Å². The second-order valence-electron chi connectivity index (χ2n) is 7.11. The Labute approximate surface area is 143 Å². The van der Waals surface area contributed by atoms with E-state index >= 15 is 0 Å². The van der Waals surface area contributed by atoms with Crippen LogP contribution in [0.25, 0.3) is 0 Å². The molecule has 0 saturated carbocycles. The van der Waals surface area contributed by atoms with Crippen molar-refractivity contribution in [2.24, 2.45) is 0 Å². The van der Waals surface area contributed by atoms with E-state index in [9.17, 15) is 0 Å². The van der Waals surface area contributed by atoms with Crippen molar-refractivity contribution in [2.45, 2.75) is 44.2 Å². The lowest BCUT2D eigenvalue weighted by atomic mass is 9.95. The molecule has 1 aromatic rings. The fraction of sp³-hybridized carbons (Fsp3) is 0.882. The maximum Gasteiger partial charge on any atom is 0.231 e. The predicted molar refractivity (Wildman–Crippen MR) is 87.8 cm³/mol. The number of morpholine rings is 1. The summed E-state index contributed by atoms with van der Waals surface area (Å²) in [6, 6.07) is 0.664. The molecular weight excluding hydrogens is 308 g/mol. The first-order valence-corrected chi connectivity index (χ1v) is 9.33. The molecule has 0 aliphatic carbocycles. The normalized spacial score (nSPS) is 28.2. The van der Waals surface area contributed by atoms with Crippen LogP contribution in [0.15, 0.2) is 4.52 Å². The summed E-state index contributed by atoms with van der Waals surface area (Å²) in [7, 11) is 0. The molecule has 0 aromatic carbocycles. The van der Waals surface area contributed by atoms with Crippen LogP contribution in [-0.4, -0.2) is 78.6 Å². The molecule has 0 unspecified atom stereocenters. The van der Waals surface area contributed by atoms with Gasteiger partial charge >= 0.3 is 0 Å². The molecule has 1 atom stereocenters. The Morgan fingerprint density at radius 2 is 1.75 bits per heavy atom. The second-order valence-corrected chi connectivity index (χ2v) is 7.11. The highest BCUT2D eigenvalue weighted by atomic mass is 16.5. The van der Waals surface area contributed by atoms with Gasteiger partial charge in [0.15, 0.2) is 5.82 Å². The largest absolute Gasteiger partial charge is 0.381 e. The maximum absolute atomic E-state index is 5.61. The van der Waals surface area contributed by atoms with Crippen molar-refractivity contribution < 1.29 is 14.0 Å². The molecule has 3 aliphatic heterocycles. The lowest BCUT2D eigenvalue weighted by molar-refractivity contribution is 0.0221. The summed E-state index contributed by atoms with van der Waals surface area (Å²) in [5.74, 6) is 2.03. The van der Waals surface area contributed by atoms with Crippen molar-refractivity contribution in [3.63, 3.8) is 0 Å². The zero-order valence-electron chi connectivity index (χ0n) is 14.4. The fourth-order valence-corrected chi connectivity index (χ4v) is 4.05. The Morgan fingerprint density at radius 3 is 2.58 bits per heavy atom. The van der Waals surface area contributed by atoms with Crippen molar-refractivity contribution in [3.05, 3.63) is 11.7 Å². The third-order valence-electron chi connectivity index (χ3n) is 5.46. The number of aromatic nitrogens is 2. The van der Waals surface area contributed by atoms with Crippen LogP contribution in [0.1, 0.15) is 43.3 Å². The van der Waals surface area contributed by atoms with Gasteiger partial charge in [-0.05, 0) is 32.2 Å². The number of piperidine rings is 1. The van der Waals surface area contributed by atoms with E-state index in [1.807, 2.05) is 0 Å². The minimum Gasteiger partial charge on any atom is -0.381 e. The average molecular weight is 336 g/mol. The van der Waals surface area contributed by atoms with E-state index in [1.165, 1.54) is 13.0 Å². The molecule has 0 amide bonds. The zero-order chi connectivity index (χ0) is 16.2. The highest BCUT2D eigenvalue weighted by Gasteiger charge is 2.30. The first kappa shape index (κ1) is 16.4. The maximum atomic E-state index is 5.61. The molecule has 0 N–H and O–H groups in total. The molecule has 3 aliphatic rings. The zero-order valence-corrected chi connectivity index (χ0v) is 14.4. The first-order valence-electron chi connectivity index (χ1n) is 9.33. The van der Waals surface area contributed by atoms with Crippen LogP contribution in [0, 0.1) is 0 Å². The lowest BCUT2D eigenvalue weighted by Crippen LogP contribution is -2.44. The fourth-order valence-electron chi connectivity index (χ4n) is 4.05. The van der Waals surface area contributed by atoms with E-state index in [4.69, 9.17) is 19.0 Å². The van der Waals surface area contributed by atoms with Crippen molar-refractivity contribution in [2.75, 3.05) is 52.6 Å². The molecule has 4 heterocycles. The van der Waals surface area contributed by atoms with E-state index in [-0.39, 0.29) is 0 Å². The highest BCUT2D eigenvalue weighted by Crippen LogP contribution is 2.29. The van der Waals surface area contributed by atoms with Crippen LogP contribution < -0.4 is 0 Å². The van der Waals surface area contributed by atoms with Gasteiger partial charge in [0.25, 0.3) is 0 Å².